The van der Waals surface area contributed by atoms with Gasteiger partial charge in [0.2, 0.25) is 0 Å². The molecule has 2 amide bonds. The maximum atomic E-state index is 12.4. The predicted octanol–water partition coefficient (Wildman–Crippen LogP) is 1.80. The first-order chi connectivity index (χ1) is 13.4. The van der Waals surface area contributed by atoms with Crippen LogP contribution < -0.4 is 10.6 Å². The smallest absolute Gasteiger partial charge is 0.337 e. The fourth-order valence-electron chi connectivity index (χ4n) is 2.43. The van der Waals surface area contributed by atoms with Crippen LogP contribution in [0.1, 0.15) is 37.6 Å². The van der Waals surface area contributed by atoms with Crippen molar-refractivity contribution in [3.8, 4) is 0 Å². The molecular formula is C20H24N4O4. The maximum absolute atomic E-state index is 12.4. The molecule has 0 bridgehead atoms. The molecule has 1 aromatic heterocycles. The SMILES string of the molecule is COC(=O)c1cccc(NC(=O)c2cc(C(=O)NCCCN(C)C)ccn2)c1. The van der Waals surface area contributed by atoms with E-state index in [0.717, 1.165) is 13.0 Å². The number of nitrogens with one attached hydrogen (secondary N) is 2. The monoisotopic (exact) mass is 384 g/mol. The number of carbonyl (C=O) groups is 3. The summed E-state index contributed by atoms with van der Waals surface area (Å²) in [7, 11) is 5.22. The minimum atomic E-state index is -0.498. The van der Waals surface area contributed by atoms with Gasteiger partial charge in [0, 0.05) is 24.0 Å². The number of benzene rings is 1. The van der Waals surface area contributed by atoms with Crippen LogP contribution in [0.4, 0.5) is 5.69 Å². The normalized spacial score (nSPS) is 10.4. The lowest BCUT2D eigenvalue weighted by Gasteiger charge is -2.10. The Morgan fingerprint density at radius 1 is 1.07 bits per heavy atom. The molecule has 2 rings (SSSR count). The molecule has 0 fully saturated rings. The Morgan fingerprint density at radius 2 is 1.86 bits per heavy atom. The molecule has 0 unspecified atom stereocenters. The number of carbonyl (C=O) groups excluding carboxylic acids is 3. The van der Waals surface area contributed by atoms with Gasteiger partial charge in [-0.15, -0.1) is 0 Å². The molecule has 148 valence electrons. The molecule has 0 atom stereocenters. The van der Waals surface area contributed by atoms with Crippen LogP contribution in [0.5, 0.6) is 0 Å². The maximum Gasteiger partial charge on any atom is 0.337 e. The third-order valence-electron chi connectivity index (χ3n) is 3.86. The quantitative estimate of drug-likeness (QED) is 0.532. The van der Waals surface area contributed by atoms with Crippen molar-refractivity contribution in [1.29, 1.82) is 0 Å². The summed E-state index contributed by atoms with van der Waals surface area (Å²) in [5.74, 6) is -1.24. The summed E-state index contributed by atoms with van der Waals surface area (Å²) in [6, 6.07) is 9.35. The standard InChI is InChI=1S/C20H24N4O4/c1-24(2)11-5-9-22-18(25)14-8-10-21-17(13-14)19(26)23-16-7-4-6-15(12-16)20(27)28-3/h4,6-8,10,12-13H,5,9,11H2,1-3H3,(H,22,25)(H,23,26). The molecule has 8 heteroatoms. The molecule has 0 radical (unpaired) electrons. The van der Waals surface area contributed by atoms with E-state index in [1.54, 1.807) is 24.3 Å². The van der Waals surface area contributed by atoms with E-state index in [-0.39, 0.29) is 11.6 Å². The molecule has 0 aliphatic heterocycles. The van der Waals surface area contributed by atoms with Gasteiger partial charge in [-0.2, -0.15) is 0 Å². The third-order valence-corrected chi connectivity index (χ3v) is 3.86. The first-order valence-corrected chi connectivity index (χ1v) is 8.79. The molecule has 1 aromatic carbocycles. The van der Waals surface area contributed by atoms with Gasteiger partial charge in [-0.1, -0.05) is 6.07 Å². The summed E-state index contributed by atoms with van der Waals surface area (Å²) in [5.41, 5.74) is 1.20. The van der Waals surface area contributed by atoms with Crippen molar-refractivity contribution in [1.82, 2.24) is 15.2 Å². The van der Waals surface area contributed by atoms with E-state index in [1.807, 2.05) is 19.0 Å². The zero-order valence-corrected chi connectivity index (χ0v) is 16.2. The van der Waals surface area contributed by atoms with Gasteiger partial charge < -0.3 is 20.3 Å². The van der Waals surface area contributed by atoms with Crippen molar-refractivity contribution in [3.63, 3.8) is 0 Å². The van der Waals surface area contributed by atoms with E-state index in [4.69, 9.17) is 0 Å². The van der Waals surface area contributed by atoms with Crippen LogP contribution in [-0.4, -0.2) is 62.0 Å². The fourth-order valence-corrected chi connectivity index (χ4v) is 2.43. The summed E-state index contributed by atoms with van der Waals surface area (Å²) in [4.78, 5) is 42.3. The Labute approximate surface area is 163 Å². The van der Waals surface area contributed by atoms with Crippen molar-refractivity contribution in [2.75, 3.05) is 39.6 Å². The lowest BCUT2D eigenvalue weighted by Crippen LogP contribution is -2.27. The van der Waals surface area contributed by atoms with Gasteiger partial charge in [0.1, 0.15) is 5.69 Å². The van der Waals surface area contributed by atoms with E-state index in [0.29, 0.717) is 23.4 Å². The number of aromatic nitrogens is 1. The van der Waals surface area contributed by atoms with Crippen molar-refractivity contribution >= 4 is 23.5 Å². The third kappa shape index (κ3) is 6.17. The van der Waals surface area contributed by atoms with Crippen LogP contribution in [-0.2, 0) is 4.74 Å². The molecule has 28 heavy (non-hydrogen) atoms. The number of anilines is 1. The Hall–Kier alpha value is -3.26. The first kappa shape index (κ1) is 21.0. The van der Waals surface area contributed by atoms with E-state index in [9.17, 15) is 14.4 Å². The highest BCUT2D eigenvalue weighted by Gasteiger charge is 2.13. The number of ether oxygens (including phenoxy) is 1. The Balaban J connectivity index is 2.02. The van der Waals surface area contributed by atoms with Gasteiger partial charge in [-0.05, 0) is 57.4 Å². The minimum absolute atomic E-state index is 0.101. The second-order valence-corrected chi connectivity index (χ2v) is 6.37. The average molecular weight is 384 g/mol. The average Bonchev–Trinajstić information content (AvgIpc) is 2.70. The molecule has 0 aliphatic rings. The number of rotatable bonds is 8. The van der Waals surface area contributed by atoms with E-state index >= 15 is 0 Å². The van der Waals surface area contributed by atoms with Gasteiger partial charge >= 0.3 is 5.97 Å². The molecule has 8 nitrogen and oxygen atoms in total. The second-order valence-electron chi connectivity index (χ2n) is 6.37. The van der Waals surface area contributed by atoms with E-state index in [2.05, 4.69) is 20.4 Å². The van der Waals surface area contributed by atoms with Gasteiger partial charge in [0.25, 0.3) is 11.8 Å². The van der Waals surface area contributed by atoms with Crippen LogP contribution in [0.25, 0.3) is 0 Å². The van der Waals surface area contributed by atoms with Crippen molar-refractivity contribution in [2.45, 2.75) is 6.42 Å². The summed E-state index contributed by atoms with van der Waals surface area (Å²) >= 11 is 0. The summed E-state index contributed by atoms with van der Waals surface area (Å²) in [5, 5.41) is 5.48. The fraction of sp³-hybridized carbons (Fsp3) is 0.300. The lowest BCUT2D eigenvalue weighted by molar-refractivity contribution is 0.0600. The zero-order valence-electron chi connectivity index (χ0n) is 16.2. The molecule has 2 N–H and O–H groups in total. The summed E-state index contributed by atoms with van der Waals surface area (Å²) in [6.45, 7) is 1.41. The van der Waals surface area contributed by atoms with Gasteiger partial charge in [0.05, 0.1) is 12.7 Å². The number of esters is 1. The number of nitrogens with zero attached hydrogens (tertiary/aromatic N) is 2. The van der Waals surface area contributed by atoms with Gasteiger partial charge in [0.15, 0.2) is 0 Å². The highest BCUT2D eigenvalue weighted by atomic mass is 16.5. The number of hydrogen-bond acceptors (Lipinski definition) is 6. The van der Waals surface area contributed by atoms with Crippen LogP contribution in [0, 0.1) is 0 Å². The Morgan fingerprint density at radius 3 is 2.57 bits per heavy atom. The first-order valence-electron chi connectivity index (χ1n) is 8.79. The van der Waals surface area contributed by atoms with Crippen molar-refractivity contribution in [3.05, 3.63) is 59.4 Å². The Bertz CT molecular complexity index is 852. The zero-order chi connectivity index (χ0) is 20.5. The van der Waals surface area contributed by atoms with E-state index < -0.39 is 11.9 Å². The van der Waals surface area contributed by atoms with Crippen LogP contribution in [0.2, 0.25) is 0 Å². The highest BCUT2D eigenvalue weighted by Crippen LogP contribution is 2.13. The molecule has 1 heterocycles. The van der Waals surface area contributed by atoms with E-state index in [1.165, 1.54) is 25.4 Å². The number of amides is 2. The van der Waals surface area contributed by atoms with Crippen molar-refractivity contribution < 1.29 is 19.1 Å². The number of methoxy groups -OCH3 is 1. The highest BCUT2D eigenvalue weighted by molar-refractivity contribution is 6.05. The molecule has 0 saturated carbocycles. The molecular weight excluding hydrogens is 360 g/mol. The predicted molar refractivity (Wildman–Crippen MR) is 105 cm³/mol. The summed E-state index contributed by atoms with van der Waals surface area (Å²) < 4.78 is 4.67. The molecule has 0 saturated heterocycles. The Kier molecular flexibility index (Phi) is 7.65. The number of hydrogen-bond donors (Lipinski definition) is 2. The topological polar surface area (TPSA) is 101 Å². The van der Waals surface area contributed by atoms with Crippen LogP contribution in [0.15, 0.2) is 42.6 Å². The lowest BCUT2D eigenvalue weighted by atomic mass is 10.2. The second kappa shape index (κ2) is 10.2. The molecule has 0 spiro atoms. The van der Waals surface area contributed by atoms with Crippen LogP contribution >= 0.6 is 0 Å². The molecule has 2 aromatic rings. The number of pyridine rings is 1. The minimum Gasteiger partial charge on any atom is -0.465 e. The van der Waals surface area contributed by atoms with Crippen molar-refractivity contribution in [2.24, 2.45) is 0 Å². The van der Waals surface area contributed by atoms with Crippen LogP contribution in [0.3, 0.4) is 0 Å². The van der Waals surface area contributed by atoms with Gasteiger partial charge in [-0.3, -0.25) is 14.6 Å². The molecule has 0 aliphatic carbocycles. The van der Waals surface area contributed by atoms with Gasteiger partial charge in [-0.25, -0.2) is 4.79 Å². The largest absolute Gasteiger partial charge is 0.465 e. The summed E-state index contributed by atoms with van der Waals surface area (Å²) in [6.07, 6.45) is 2.24.